The highest BCUT2D eigenvalue weighted by Crippen LogP contribution is 2.35. The molecule has 1 heterocycles. The second-order valence-electron chi connectivity index (χ2n) is 5.26. The summed E-state index contributed by atoms with van der Waals surface area (Å²) in [5, 5.41) is 19.9. The fourth-order valence-corrected chi connectivity index (χ4v) is 2.84. The minimum Gasteiger partial charge on any atom is -0.507 e. The van der Waals surface area contributed by atoms with Crippen molar-refractivity contribution in [1.82, 2.24) is 9.80 Å². The van der Waals surface area contributed by atoms with Crippen molar-refractivity contribution in [3.63, 3.8) is 0 Å². The maximum absolute atomic E-state index is 9.93. The SMILES string of the molecule is CCCN1CCN(C(C)c2c(O)cccc2O)CC1. The number of nitrogens with zero attached hydrogens (tertiary/aromatic N) is 2. The summed E-state index contributed by atoms with van der Waals surface area (Å²) in [5.41, 5.74) is 0.645. The largest absolute Gasteiger partial charge is 0.507 e. The Labute approximate surface area is 115 Å². The van der Waals surface area contributed by atoms with Crippen LogP contribution in [0.25, 0.3) is 0 Å². The molecule has 0 amide bonds. The van der Waals surface area contributed by atoms with E-state index in [1.807, 2.05) is 6.92 Å². The third-order valence-corrected chi connectivity index (χ3v) is 3.97. The second-order valence-corrected chi connectivity index (χ2v) is 5.26. The zero-order valence-electron chi connectivity index (χ0n) is 11.8. The maximum Gasteiger partial charge on any atom is 0.124 e. The van der Waals surface area contributed by atoms with Crippen LogP contribution in [-0.2, 0) is 0 Å². The van der Waals surface area contributed by atoms with Crippen molar-refractivity contribution in [3.8, 4) is 11.5 Å². The third-order valence-electron chi connectivity index (χ3n) is 3.97. The van der Waals surface area contributed by atoms with Crippen molar-refractivity contribution in [1.29, 1.82) is 0 Å². The molecular formula is C15H24N2O2. The van der Waals surface area contributed by atoms with E-state index in [-0.39, 0.29) is 17.5 Å². The van der Waals surface area contributed by atoms with E-state index >= 15 is 0 Å². The zero-order valence-corrected chi connectivity index (χ0v) is 11.8. The summed E-state index contributed by atoms with van der Waals surface area (Å²) >= 11 is 0. The second kappa shape index (κ2) is 6.26. The van der Waals surface area contributed by atoms with E-state index in [0.717, 1.165) is 32.7 Å². The Morgan fingerprint density at radius 1 is 1.11 bits per heavy atom. The average molecular weight is 264 g/mol. The molecule has 0 radical (unpaired) electrons. The van der Waals surface area contributed by atoms with E-state index in [0.29, 0.717) is 5.56 Å². The molecule has 1 saturated heterocycles. The first-order valence-corrected chi connectivity index (χ1v) is 7.10. The number of hydrogen-bond acceptors (Lipinski definition) is 4. The van der Waals surface area contributed by atoms with Crippen LogP contribution in [0.1, 0.15) is 31.9 Å². The highest BCUT2D eigenvalue weighted by molar-refractivity contribution is 5.45. The van der Waals surface area contributed by atoms with E-state index < -0.39 is 0 Å². The van der Waals surface area contributed by atoms with Crippen molar-refractivity contribution in [2.75, 3.05) is 32.7 Å². The molecule has 2 N–H and O–H groups in total. The van der Waals surface area contributed by atoms with Gasteiger partial charge in [-0.15, -0.1) is 0 Å². The number of phenolic OH excluding ortho intramolecular Hbond substituents is 2. The first-order chi connectivity index (χ1) is 9.13. The van der Waals surface area contributed by atoms with Crippen molar-refractivity contribution in [2.45, 2.75) is 26.3 Å². The number of piperazine rings is 1. The van der Waals surface area contributed by atoms with Crippen molar-refractivity contribution in [3.05, 3.63) is 23.8 Å². The standard InChI is InChI=1S/C15H24N2O2/c1-3-7-16-8-10-17(11-9-16)12(2)15-13(18)5-4-6-14(15)19/h4-6,12,18-19H,3,7-11H2,1-2H3. The monoisotopic (exact) mass is 264 g/mol. The van der Waals surface area contributed by atoms with Gasteiger partial charge in [-0.3, -0.25) is 4.90 Å². The van der Waals surface area contributed by atoms with E-state index in [2.05, 4.69) is 16.7 Å². The molecule has 1 aromatic rings. The minimum atomic E-state index is 0.0463. The van der Waals surface area contributed by atoms with Crippen molar-refractivity contribution < 1.29 is 10.2 Å². The van der Waals surface area contributed by atoms with Gasteiger partial charge in [0.2, 0.25) is 0 Å². The summed E-state index contributed by atoms with van der Waals surface area (Å²) < 4.78 is 0. The highest BCUT2D eigenvalue weighted by atomic mass is 16.3. The molecule has 2 rings (SSSR count). The first-order valence-electron chi connectivity index (χ1n) is 7.10. The van der Waals surface area contributed by atoms with Gasteiger partial charge in [-0.2, -0.15) is 0 Å². The van der Waals surface area contributed by atoms with Gasteiger partial charge in [0.15, 0.2) is 0 Å². The Hall–Kier alpha value is -1.26. The van der Waals surface area contributed by atoms with Gasteiger partial charge in [-0.1, -0.05) is 13.0 Å². The van der Waals surface area contributed by atoms with E-state index in [4.69, 9.17) is 0 Å². The van der Waals surface area contributed by atoms with Gasteiger partial charge >= 0.3 is 0 Å². The van der Waals surface area contributed by atoms with Gasteiger partial charge in [0.1, 0.15) is 11.5 Å². The van der Waals surface area contributed by atoms with Gasteiger partial charge in [0.05, 0.1) is 5.56 Å². The maximum atomic E-state index is 9.93. The molecular weight excluding hydrogens is 240 g/mol. The predicted molar refractivity (Wildman–Crippen MR) is 76.5 cm³/mol. The summed E-state index contributed by atoms with van der Waals surface area (Å²) in [6.07, 6.45) is 1.19. The Morgan fingerprint density at radius 2 is 1.68 bits per heavy atom. The lowest BCUT2D eigenvalue weighted by Crippen LogP contribution is -2.47. The smallest absolute Gasteiger partial charge is 0.124 e. The predicted octanol–water partition coefficient (Wildman–Crippen LogP) is 2.19. The Morgan fingerprint density at radius 3 is 2.21 bits per heavy atom. The van der Waals surface area contributed by atoms with Crippen molar-refractivity contribution in [2.24, 2.45) is 0 Å². The summed E-state index contributed by atoms with van der Waals surface area (Å²) in [4.78, 5) is 4.79. The topological polar surface area (TPSA) is 46.9 Å². The average Bonchev–Trinajstić information content (AvgIpc) is 2.39. The molecule has 4 heteroatoms. The first kappa shape index (κ1) is 14.2. The summed E-state index contributed by atoms with van der Waals surface area (Å²) in [6, 6.07) is 4.99. The van der Waals surface area contributed by atoms with E-state index in [1.54, 1.807) is 18.2 Å². The van der Waals surface area contributed by atoms with Crippen LogP contribution in [0, 0.1) is 0 Å². The number of benzene rings is 1. The van der Waals surface area contributed by atoms with Crippen LogP contribution in [-0.4, -0.2) is 52.7 Å². The molecule has 0 spiro atoms. The van der Waals surface area contributed by atoms with Crippen molar-refractivity contribution >= 4 is 0 Å². The number of phenols is 2. The Kier molecular flexibility index (Phi) is 4.66. The Bertz CT molecular complexity index is 394. The van der Waals surface area contributed by atoms with Gasteiger partial charge in [0.25, 0.3) is 0 Å². The van der Waals surface area contributed by atoms with Gasteiger partial charge in [-0.05, 0) is 32.0 Å². The molecule has 0 aliphatic carbocycles. The minimum absolute atomic E-state index is 0.0463. The summed E-state index contributed by atoms with van der Waals surface area (Å²) in [7, 11) is 0. The quantitative estimate of drug-likeness (QED) is 0.875. The van der Waals surface area contributed by atoms with E-state index in [1.165, 1.54) is 6.42 Å². The molecule has 0 saturated carbocycles. The van der Waals surface area contributed by atoms with Gasteiger partial charge < -0.3 is 15.1 Å². The van der Waals surface area contributed by atoms with Crippen LogP contribution in [0.5, 0.6) is 11.5 Å². The summed E-state index contributed by atoms with van der Waals surface area (Å²) in [5.74, 6) is 0.368. The van der Waals surface area contributed by atoms with E-state index in [9.17, 15) is 10.2 Å². The van der Waals surface area contributed by atoms with Crippen LogP contribution in [0.4, 0.5) is 0 Å². The number of rotatable bonds is 4. The lowest BCUT2D eigenvalue weighted by Gasteiger charge is -2.38. The van der Waals surface area contributed by atoms with Gasteiger partial charge in [0, 0.05) is 32.2 Å². The molecule has 1 unspecified atom stereocenters. The normalized spacial score (nSPS) is 19.5. The fourth-order valence-electron chi connectivity index (χ4n) is 2.84. The lowest BCUT2D eigenvalue weighted by atomic mass is 10.0. The zero-order chi connectivity index (χ0) is 13.8. The van der Waals surface area contributed by atoms with Gasteiger partial charge in [-0.25, -0.2) is 0 Å². The molecule has 1 aliphatic heterocycles. The van der Waals surface area contributed by atoms with Crippen LogP contribution >= 0.6 is 0 Å². The fraction of sp³-hybridized carbons (Fsp3) is 0.600. The molecule has 1 aromatic carbocycles. The Balaban J connectivity index is 2.03. The molecule has 4 nitrogen and oxygen atoms in total. The van der Waals surface area contributed by atoms with Crippen LogP contribution in [0.3, 0.4) is 0 Å². The molecule has 1 aliphatic rings. The van der Waals surface area contributed by atoms with Crippen LogP contribution in [0.2, 0.25) is 0 Å². The number of aromatic hydroxyl groups is 2. The molecule has 1 atom stereocenters. The highest BCUT2D eigenvalue weighted by Gasteiger charge is 2.25. The molecule has 19 heavy (non-hydrogen) atoms. The summed E-state index contributed by atoms with van der Waals surface area (Å²) in [6.45, 7) is 9.49. The molecule has 0 aromatic heterocycles. The molecule has 0 bridgehead atoms. The molecule has 1 fully saturated rings. The van der Waals surface area contributed by atoms with Crippen LogP contribution < -0.4 is 0 Å². The number of hydrogen-bond donors (Lipinski definition) is 2. The third kappa shape index (κ3) is 3.19. The molecule has 106 valence electrons. The lowest BCUT2D eigenvalue weighted by molar-refractivity contribution is 0.100. The van der Waals surface area contributed by atoms with Crippen LogP contribution in [0.15, 0.2) is 18.2 Å².